The van der Waals surface area contributed by atoms with Gasteiger partial charge in [0.25, 0.3) is 0 Å². The average Bonchev–Trinajstić information content (AvgIpc) is 2.40. The summed E-state index contributed by atoms with van der Waals surface area (Å²) in [5.74, 6) is -1.04. The molecule has 0 fully saturated rings. The number of allylic oxidation sites excluding steroid dienone is 2. The molecule has 0 unspecified atom stereocenters. The van der Waals surface area contributed by atoms with Crippen LogP contribution in [0.3, 0.4) is 0 Å². The summed E-state index contributed by atoms with van der Waals surface area (Å²) in [5.41, 5.74) is 0.775. The van der Waals surface area contributed by atoms with Crippen LogP contribution in [0.2, 0.25) is 0 Å². The fraction of sp³-hybridized carbons (Fsp3) is 0.625. The molecule has 0 radical (unpaired) electrons. The molecule has 4 heteroatoms. The van der Waals surface area contributed by atoms with Crippen LogP contribution in [-0.2, 0) is 9.59 Å². The first-order valence-electron chi connectivity index (χ1n) is 7.46. The summed E-state index contributed by atoms with van der Waals surface area (Å²) in [4.78, 5) is 22.3. The number of rotatable bonds is 11. The Kier molecular flexibility index (Phi) is 11.5. The maximum absolute atomic E-state index is 11.7. The molecule has 4 nitrogen and oxygen atoms in total. The Morgan fingerprint density at radius 3 is 2.35 bits per heavy atom. The zero-order valence-corrected chi connectivity index (χ0v) is 12.7. The highest BCUT2D eigenvalue weighted by Crippen LogP contribution is 2.09. The van der Waals surface area contributed by atoms with Crippen molar-refractivity contribution in [2.24, 2.45) is 0 Å². The molecule has 0 saturated heterocycles. The first-order chi connectivity index (χ1) is 9.60. The summed E-state index contributed by atoms with van der Waals surface area (Å²) in [7, 11) is 0. The molecule has 0 atom stereocenters. The lowest BCUT2D eigenvalue weighted by Crippen LogP contribution is -2.24. The summed E-state index contributed by atoms with van der Waals surface area (Å²) in [6, 6.07) is 0. The Bertz CT molecular complexity index is 346. The van der Waals surface area contributed by atoms with E-state index in [2.05, 4.69) is 19.2 Å². The number of aliphatic carboxylic acids is 1. The van der Waals surface area contributed by atoms with Crippen molar-refractivity contribution in [1.29, 1.82) is 0 Å². The number of hydrogen-bond acceptors (Lipinski definition) is 2. The Morgan fingerprint density at radius 1 is 1.05 bits per heavy atom. The van der Waals surface area contributed by atoms with Crippen molar-refractivity contribution >= 4 is 11.9 Å². The van der Waals surface area contributed by atoms with Crippen LogP contribution in [0.4, 0.5) is 0 Å². The molecular weight excluding hydrogens is 254 g/mol. The summed E-state index contributed by atoms with van der Waals surface area (Å²) in [6.45, 7) is 4.89. The van der Waals surface area contributed by atoms with E-state index in [0.717, 1.165) is 50.2 Å². The molecule has 20 heavy (non-hydrogen) atoms. The maximum atomic E-state index is 11.7. The average molecular weight is 281 g/mol. The lowest BCUT2D eigenvalue weighted by Gasteiger charge is -2.05. The topological polar surface area (TPSA) is 66.4 Å². The normalized spacial score (nSPS) is 11.8. The SMILES string of the molecule is CCCCC/C=C(/C=C/C(=O)O)CC(=O)NCCCC. The van der Waals surface area contributed by atoms with Gasteiger partial charge < -0.3 is 10.4 Å². The van der Waals surface area contributed by atoms with Gasteiger partial charge in [0.05, 0.1) is 6.42 Å². The van der Waals surface area contributed by atoms with Gasteiger partial charge in [0, 0.05) is 12.6 Å². The van der Waals surface area contributed by atoms with E-state index in [1.165, 1.54) is 6.08 Å². The van der Waals surface area contributed by atoms with Crippen LogP contribution in [0.1, 0.15) is 58.8 Å². The second-order valence-corrected chi connectivity index (χ2v) is 4.83. The standard InChI is InChI=1S/C16H27NO3/c1-3-5-7-8-9-14(10-11-16(19)20)13-15(18)17-12-6-4-2/h9-11H,3-8,12-13H2,1-2H3,(H,17,18)(H,19,20)/b11-10+,14-9-. The maximum Gasteiger partial charge on any atom is 0.328 e. The number of amides is 1. The zero-order valence-electron chi connectivity index (χ0n) is 12.7. The summed E-state index contributed by atoms with van der Waals surface area (Å²) in [6.07, 6.45) is 11.1. The second-order valence-electron chi connectivity index (χ2n) is 4.83. The van der Waals surface area contributed by atoms with Crippen molar-refractivity contribution in [3.8, 4) is 0 Å². The Morgan fingerprint density at radius 2 is 1.75 bits per heavy atom. The third kappa shape index (κ3) is 11.5. The van der Waals surface area contributed by atoms with Crippen LogP contribution in [0.15, 0.2) is 23.8 Å². The minimum Gasteiger partial charge on any atom is -0.478 e. The van der Waals surface area contributed by atoms with Gasteiger partial charge in [0.1, 0.15) is 0 Å². The summed E-state index contributed by atoms with van der Waals surface area (Å²) in [5, 5.41) is 11.5. The number of carbonyl (C=O) groups is 2. The van der Waals surface area contributed by atoms with Crippen molar-refractivity contribution < 1.29 is 14.7 Å². The van der Waals surface area contributed by atoms with Gasteiger partial charge >= 0.3 is 5.97 Å². The fourth-order valence-corrected chi connectivity index (χ4v) is 1.71. The summed E-state index contributed by atoms with van der Waals surface area (Å²) >= 11 is 0. The number of nitrogens with one attached hydrogen (secondary N) is 1. The number of carbonyl (C=O) groups excluding carboxylic acids is 1. The molecule has 1 amide bonds. The van der Waals surface area contributed by atoms with Gasteiger partial charge in [-0.05, 0) is 24.8 Å². The first kappa shape index (κ1) is 18.4. The largest absolute Gasteiger partial charge is 0.478 e. The number of carboxylic acids is 1. The number of hydrogen-bond donors (Lipinski definition) is 2. The second kappa shape index (κ2) is 12.5. The molecule has 0 aromatic rings. The van der Waals surface area contributed by atoms with E-state index >= 15 is 0 Å². The first-order valence-corrected chi connectivity index (χ1v) is 7.46. The Balaban J connectivity index is 4.36. The van der Waals surface area contributed by atoms with Crippen LogP contribution in [-0.4, -0.2) is 23.5 Å². The van der Waals surface area contributed by atoms with Gasteiger partial charge in [-0.1, -0.05) is 45.3 Å². The van der Waals surface area contributed by atoms with Gasteiger partial charge in [0.15, 0.2) is 0 Å². The third-order valence-electron chi connectivity index (χ3n) is 2.87. The lowest BCUT2D eigenvalue weighted by atomic mass is 10.1. The quantitative estimate of drug-likeness (QED) is 0.346. The van der Waals surface area contributed by atoms with Crippen molar-refractivity contribution in [3.05, 3.63) is 23.8 Å². The van der Waals surface area contributed by atoms with Crippen LogP contribution in [0.5, 0.6) is 0 Å². The third-order valence-corrected chi connectivity index (χ3v) is 2.87. The molecule has 0 heterocycles. The van der Waals surface area contributed by atoms with Gasteiger partial charge in [0.2, 0.25) is 5.91 Å². The highest BCUT2D eigenvalue weighted by Gasteiger charge is 2.03. The molecule has 0 spiro atoms. The van der Waals surface area contributed by atoms with Gasteiger partial charge in [-0.3, -0.25) is 4.79 Å². The minimum absolute atomic E-state index is 0.0461. The van der Waals surface area contributed by atoms with Gasteiger partial charge in [-0.25, -0.2) is 4.79 Å². The van der Waals surface area contributed by atoms with Crippen molar-refractivity contribution in [1.82, 2.24) is 5.32 Å². The number of carboxylic acid groups (broad SMARTS) is 1. The molecule has 0 aliphatic heterocycles. The predicted molar refractivity (Wildman–Crippen MR) is 81.5 cm³/mol. The molecule has 0 aromatic heterocycles. The molecule has 0 saturated carbocycles. The Labute approximate surface area is 122 Å². The van der Waals surface area contributed by atoms with E-state index in [1.807, 2.05) is 6.08 Å². The minimum atomic E-state index is -0.990. The molecule has 2 N–H and O–H groups in total. The van der Waals surface area contributed by atoms with Crippen LogP contribution >= 0.6 is 0 Å². The van der Waals surface area contributed by atoms with Gasteiger partial charge in [-0.2, -0.15) is 0 Å². The molecular formula is C16H27NO3. The molecule has 0 aliphatic carbocycles. The fourth-order valence-electron chi connectivity index (χ4n) is 1.71. The highest BCUT2D eigenvalue weighted by molar-refractivity contribution is 5.82. The van der Waals surface area contributed by atoms with E-state index in [4.69, 9.17) is 5.11 Å². The smallest absolute Gasteiger partial charge is 0.328 e. The van der Waals surface area contributed by atoms with Crippen molar-refractivity contribution in [3.63, 3.8) is 0 Å². The van der Waals surface area contributed by atoms with Crippen molar-refractivity contribution in [2.45, 2.75) is 58.8 Å². The van der Waals surface area contributed by atoms with E-state index in [-0.39, 0.29) is 12.3 Å². The van der Waals surface area contributed by atoms with Crippen LogP contribution in [0, 0.1) is 0 Å². The zero-order chi connectivity index (χ0) is 15.2. The van der Waals surface area contributed by atoms with E-state index in [0.29, 0.717) is 6.54 Å². The van der Waals surface area contributed by atoms with E-state index < -0.39 is 5.97 Å². The Hall–Kier alpha value is -1.58. The number of unbranched alkanes of at least 4 members (excludes halogenated alkanes) is 4. The molecule has 0 rings (SSSR count). The lowest BCUT2D eigenvalue weighted by molar-refractivity contribution is -0.131. The highest BCUT2D eigenvalue weighted by atomic mass is 16.4. The molecule has 0 aliphatic rings. The summed E-state index contributed by atoms with van der Waals surface area (Å²) < 4.78 is 0. The predicted octanol–water partition coefficient (Wildman–Crippen LogP) is 3.44. The van der Waals surface area contributed by atoms with Crippen LogP contribution in [0.25, 0.3) is 0 Å². The van der Waals surface area contributed by atoms with E-state index in [1.54, 1.807) is 0 Å². The molecule has 114 valence electrons. The molecule has 0 aromatic carbocycles. The van der Waals surface area contributed by atoms with Crippen LogP contribution < -0.4 is 5.32 Å². The molecule has 0 bridgehead atoms. The van der Waals surface area contributed by atoms with E-state index in [9.17, 15) is 9.59 Å². The van der Waals surface area contributed by atoms with Crippen molar-refractivity contribution in [2.75, 3.05) is 6.54 Å². The monoisotopic (exact) mass is 281 g/mol. The van der Waals surface area contributed by atoms with Gasteiger partial charge in [-0.15, -0.1) is 0 Å².